The normalized spacial score (nSPS) is 11.1. The Bertz CT molecular complexity index is 907. The van der Waals surface area contributed by atoms with E-state index in [0.29, 0.717) is 25.6 Å². The molecular weight excluding hydrogens is 292 g/mol. The molecule has 0 bridgehead atoms. The molecule has 3 rings (SSSR count). The van der Waals surface area contributed by atoms with Crippen LogP contribution in [0.1, 0.15) is 12.6 Å². The Labute approximate surface area is 123 Å². The number of aromatic nitrogens is 4. The van der Waals surface area contributed by atoms with Crippen molar-refractivity contribution in [3.05, 3.63) is 38.2 Å². The minimum Gasteiger partial charge on any atom is -0.332 e. The first-order chi connectivity index (χ1) is 9.60. The molecule has 0 saturated carbocycles. The van der Waals surface area contributed by atoms with Gasteiger partial charge in [-0.3, -0.25) is 9.89 Å². The van der Waals surface area contributed by atoms with Crippen molar-refractivity contribution in [2.45, 2.75) is 20.4 Å². The highest BCUT2D eigenvalue weighted by Crippen LogP contribution is 2.21. The van der Waals surface area contributed by atoms with Gasteiger partial charge in [0.05, 0.1) is 10.9 Å². The molecular formula is C13H12N4OS2. The second-order valence-electron chi connectivity index (χ2n) is 4.40. The summed E-state index contributed by atoms with van der Waals surface area (Å²) in [6.07, 6.45) is 1.80. The van der Waals surface area contributed by atoms with E-state index >= 15 is 0 Å². The lowest BCUT2D eigenvalue weighted by Gasteiger charge is -2.09. The molecule has 20 heavy (non-hydrogen) atoms. The molecule has 3 aromatic heterocycles. The summed E-state index contributed by atoms with van der Waals surface area (Å²) >= 11 is 6.33. The number of nitrogens with zero attached hydrogens (tertiary/aromatic N) is 3. The molecule has 1 N–H and O–H groups in total. The van der Waals surface area contributed by atoms with Gasteiger partial charge in [-0.2, -0.15) is 5.10 Å². The Kier molecular flexibility index (Phi) is 3.23. The van der Waals surface area contributed by atoms with Crippen LogP contribution in [0.2, 0.25) is 0 Å². The van der Waals surface area contributed by atoms with Crippen molar-refractivity contribution in [3.63, 3.8) is 0 Å². The number of aryl methyl sites for hydroxylation is 2. The maximum Gasteiger partial charge on any atom is 0.201 e. The predicted octanol–water partition coefficient (Wildman–Crippen LogP) is 2.91. The Morgan fingerprint density at radius 3 is 2.90 bits per heavy atom. The average Bonchev–Trinajstić information content (AvgIpc) is 2.85. The number of rotatable bonds is 2. The maximum atomic E-state index is 12.6. The Balaban J connectivity index is 2.41. The molecule has 0 radical (unpaired) electrons. The van der Waals surface area contributed by atoms with E-state index in [2.05, 4.69) is 15.2 Å². The lowest BCUT2D eigenvalue weighted by atomic mass is 10.2. The smallest absolute Gasteiger partial charge is 0.201 e. The summed E-state index contributed by atoms with van der Waals surface area (Å²) in [7, 11) is 0. The van der Waals surface area contributed by atoms with E-state index in [1.54, 1.807) is 6.20 Å². The van der Waals surface area contributed by atoms with Crippen molar-refractivity contribution in [3.8, 4) is 10.6 Å². The highest BCUT2D eigenvalue weighted by molar-refractivity contribution is 7.73. The molecule has 0 unspecified atom stereocenters. The summed E-state index contributed by atoms with van der Waals surface area (Å²) in [5.74, 6) is 0. The number of aromatic amines is 1. The zero-order chi connectivity index (χ0) is 14.3. The van der Waals surface area contributed by atoms with Crippen LogP contribution < -0.4 is 5.43 Å². The standard InChI is InChI=1S/C13H12N4OS2/c1-3-17-6-9(12-15-16-13(19)20-12)10(18)8-5-4-7(2)14-11(8)17/h4-6H,3H2,1-2H3,(H,16,19). The maximum absolute atomic E-state index is 12.6. The molecule has 0 aliphatic heterocycles. The highest BCUT2D eigenvalue weighted by Gasteiger charge is 2.13. The molecule has 7 heteroatoms. The Morgan fingerprint density at radius 1 is 1.45 bits per heavy atom. The quantitative estimate of drug-likeness (QED) is 0.739. The van der Waals surface area contributed by atoms with E-state index in [9.17, 15) is 4.79 Å². The molecule has 0 aromatic carbocycles. The molecule has 3 aromatic rings. The third-order valence-corrected chi connectivity index (χ3v) is 4.19. The van der Waals surface area contributed by atoms with Crippen molar-refractivity contribution >= 4 is 34.6 Å². The van der Waals surface area contributed by atoms with Crippen molar-refractivity contribution in [2.24, 2.45) is 0 Å². The van der Waals surface area contributed by atoms with Crippen molar-refractivity contribution in [2.75, 3.05) is 0 Å². The first kappa shape index (κ1) is 13.1. The molecule has 0 aliphatic rings. The molecule has 0 atom stereocenters. The molecule has 0 aliphatic carbocycles. The van der Waals surface area contributed by atoms with Gasteiger partial charge in [0.1, 0.15) is 5.65 Å². The molecule has 0 fully saturated rings. The largest absolute Gasteiger partial charge is 0.332 e. The average molecular weight is 304 g/mol. The van der Waals surface area contributed by atoms with E-state index in [4.69, 9.17) is 12.2 Å². The zero-order valence-electron chi connectivity index (χ0n) is 11.0. The SMILES string of the molecule is CCn1cc(-c2n[nH]c(=S)s2)c(=O)c2ccc(C)nc21. The van der Waals surface area contributed by atoms with Gasteiger partial charge in [-0.1, -0.05) is 11.3 Å². The topological polar surface area (TPSA) is 63.6 Å². The summed E-state index contributed by atoms with van der Waals surface area (Å²) in [4.78, 5) is 17.0. The number of fused-ring (bicyclic) bond motifs is 1. The fourth-order valence-electron chi connectivity index (χ4n) is 2.10. The van der Waals surface area contributed by atoms with Crippen molar-refractivity contribution in [1.29, 1.82) is 0 Å². The van der Waals surface area contributed by atoms with Crippen LogP contribution in [0.25, 0.3) is 21.6 Å². The number of pyridine rings is 2. The van der Waals surface area contributed by atoms with E-state index < -0.39 is 0 Å². The minimum atomic E-state index is -0.0602. The molecule has 0 amide bonds. The van der Waals surface area contributed by atoms with Crippen LogP contribution in [0.15, 0.2) is 23.1 Å². The third kappa shape index (κ3) is 2.08. The van der Waals surface area contributed by atoms with Gasteiger partial charge in [-0.25, -0.2) is 4.98 Å². The van der Waals surface area contributed by atoms with E-state index in [1.165, 1.54) is 11.3 Å². The Morgan fingerprint density at radius 2 is 2.25 bits per heavy atom. The van der Waals surface area contributed by atoms with Gasteiger partial charge < -0.3 is 4.57 Å². The minimum absolute atomic E-state index is 0.0602. The second kappa shape index (κ2) is 4.92. The van der Waals surface area contributed by atoms with E-state index in [1.807, 2.05) is 30.5 Å². The number of H-pyrrole nitrogens is 1. The molecule has 3 heterocycles. The van der Waals surface area contributed by atoms with Crippen LogP contribution in [0.3, 0.4) is 0 Å². The fourth-order valence-corrected chi connectivity index (χ4v) is 2.99. The van der Waals surface area contributed by atoms with Gasteiger partial charge in [0.15, 0.2) is 8.96 Å². The summed E-state index contributed by atoms with van der Waals surface area (Å²) < 4.78 is 2.52. The second-order valence-corrected chi connectivity index (χ2v) is 6.07. The highest BCUT2D eigenvalue weighted by atomic mass is 32.1. The third-order valence-electron chi connectivity index (χ3n) is 3.07. The fraction of sp³-hybridized carbons (Fsp3) is 0.231. The number of nitrogens with one attached hydrogen (secondary N) is 1. The summed E-state index contributed by atoms with van der Waals surface area (Å²) in [6.45, 7) is 4.66. The number of hydrogen-bond donors (Lipinski definition) is 1. The molecule has 0 saturated heterocycles. The van der Waals surface area contributed by atoms with Gasteiger partial charge >= 0.3 is 0 Å². The van der Waals surface area contributed by atoms with E-state index in [-0.39, 0.29) is 5.43 Å². The summed E-state index contributed by atoms with van der Waals surface area (Å²) in [6, 6.07) is 3.67. The van der Waals surface area contributed by atoms with E-state index in [0.717, 1.165) is 12.2 Å². The monoisotopic (exact) mass is 304 g/mol. The molecule has 5 nitrogen and oxygen atoms in total. The van der Waals surface area contributed by atoms with Crippen molar-refractivity contribution < 1.29 is 0 Å². The number of hydrogen-bond acceptors (Lipinski definition) is 5. The summed E-state index contributed by atoms with van der Waals surface area (Å²) in [5.41, 5.74) is 2.10. The van der Waals surface area contributed by atoms with Gasteiger partial charge in [0.25, 0.3) is 0 Å². The van der Waals surface area contributed by atoms with Crippen LogP contribution in [0.5, 0.6) is 0 Å². The predicted molar refractivity (Wildman–Crippen MR) is 82.7 cm³/mol. The van der Waals surface area contributed by atoms with Crippen LogP contribution in [0.4, 0.5) is 0 Å². The molecule has 102 valence electrons. The first-order valence-electron chi connectivity index (χ1n) is 6.17. The van der Waals surface area contributed by atoms with Gasteiger partial charge in [0, 0.05) is 18.4 Å². The first-order valence-corrected chi connectivity index (χ1v) is 7.39. The zero-order valence-corrected chi connectivity index (χ0v) is 12.6. The van der Waals surface area contributed by atoms with Crippen LogP contribution in [-0.2, 0) is 6.54 Å². The van der Waals surface area contributed by atoms with Crippen LogP contribution >= 0.6 is 23.6 Å². The lowest BCUT2D eigenvalue weighted by molar-refractivity contribution is 0.776. The van der Waals surface area contributed by atoms with Crippen LogP contribution in [0, 0.1) is 10.9 Å². The van der Waals surface area contributed by atoms with Gasteiger partial charge in [-0.05, 0) is 38.2 Å². The van der Waals surface area contributed by atoms with Crippen LogP contribution in [-0.4, -0.2) is 19.7 Å². The summed E-state index contributed by atoms with van der Waals surface area (Å²) in [5, 5.41) is 8.03. The molecule has 0 spiro atoms. The Hall–Kier alpha value is -1.86. The lowest BCUT2D eigenvalue weighted by Crippen LogP contribution is -2.13. The van der Waals surface area contributed by atoms with Gasteiger partial charge in [0.2, 0.25) is 5.43 Å². The van der Waals surface area contributed by atoms with Gasteiger partial charge in [-0.15, -0.1) is 0 Å². The van der Waals surface area contributed by atoms with Crippen molar-refractivity contribution in [1.82, 2.24) is 19.7 Å².